The first-order chi connectivity index (χ1) is 9.54. The predicted octanol–water partition coefficient (Wildman–Crippen LogP) is 1.69. The average molecular weight is 275 g/mol. The SMILES string of the molecule is CC(=O)Nc1ccc(C(=O)OCc2nnc(C)o2)cc1. The first-order valence-electron chi connectivity index (χ1n) is 5.88. The van der Waals surface area contributed by atoms with Crippen LogP contribution in [0.2, 0.25) is 0 Å². The van der Waals surface area contributed by atoms with E-state index in [9.17, 15) is 9.59 Å². The average Bonchev–Trinajstić information content (AvgIpc) is 2.82. The number of aryl methyl sites for hydroxylation is 1. The molecule has 2 rings (SSSR count). The summed E-state index contributed by atoms with van der Waals surface area (Å²) in [5.41, 5.74) is 0.983. The second-order valence-electron chi connectivity index (χ2n) is 4.05. The van der Waals surface area contributed by atoms with Gasteiger partial charge in [-0.15, -0.1) is 10.2 Å². The summed E-state index contributed by atoms with van der Waals surface area (Å²) in [6.45, 7) is 2.99. The number of nitrogens with one attached hydrogen (secondary N) is 1. The monoisotopic (exact) mass is 275 g/mol. The molecule has 0 aliphatic heterocycles. The Labute approximate surface area is 115 Å². The third-order valence-corrected chi connectivity index (χ3v) is 2.34. The van der Waals surface area contributed by atoms with Gasteiger partial charge in [-0.25, -0.2) is 4.79 Å². The maximum atomic E-state index is 11.8. The van der Waals surface area contributed by atoms with Crippen molar-refractivity contribution >= 4 is 17.6 Å². The lowest BCUT2D eigenvalue weighted by molar-refractivity contribution is -0.114. The van der Waals surface area contributed by atoms with E-state index in [2.05, 4.69) is 15.5 Å². The van der Waals surface area contributed by atoms with Crippen molar-refractivity contribution < 1.29 is 18.7 Å². The summed E-state index contributed by atoms with van der Waals surface area (Å²) in [6.07, 6.45) is 0. The molecule has 1 heterocycles. The van der Waals surface area contributed by atoms with Gasteiger partial charge in [-0.05, 0) is 24.3 Å². The number of anilines is 1. The summed E-state index contributed by atoms with van der Waals surface area (Å²) in [5, 5.41) is 9.95. The topological polar surface area (TPSA) is 94.3 Å². The quantitative estimate of drug-likeness (QED) is 0.853. The molecule has 2 aromatic rings. The number of ether oxygens (including phenoxy) is 1. The molecular formula is C13H13N3O4. The Morgan fingerprint density at radius 1 is 1.25 bits per heavy atom. The molecule has 0 saturated heterocycles. The van der Waals surface area contributed by atoms with Crippen molar-refractivity contribution in [3.8, 4) is 0 Å². The molecule has 0 fully saturated rings. The molecule has 7 heteroatoms. The molecule has 1 N–H and O–H groups in total. The fourth-order valence-electron chi connectivity index (χ4n) is 1.50. The highest BCUT2D eigenvalue weighted by Crippen LogP contribution is 2.11. The normalized spacial score (nSPS) is 10.1. The molecule has 7 nitrogen and oxygen atoms in total. The molecule has 0 aliphatic rings. The number of aromatic nitrogens is 2. The molecule has 1 aromatic carbocycles. The smallest absolute Gasteiger partial charge is 0.338 e. The first-order valence-corrected chi connectivity index (χ1v) is 5.88. The fourth-order valence-corrected chi connectivity index (χ4v) is 1.50. The van der Waals surface area contributed by atoms with Gasteiger partial charge in [0.2, 0.25) is 11.8 Å². The predicted molar refractivity (Wildman–Crippen MR) is 68.9 cm³/mol. The molecule has 104 valence electrons. The summed E-state index contributed by atoms with van der Waals surface area (Å²) in [5.74, 6) is -0.0243. The van der Waals surface area contributed by atoms with Crippen LogP contribution < -0.4 is 5.32 Å². The van der Waals surface area contributed by atoms with Crippen molar-refractivity contribution in [1.82, 2.24) is 10.2 Å². The van der Waals surface area contributed by atoms with Crippen molar-refractivity contribution in [2.45, 2.75) is 20.5 Å². The molecule has 1 aromatic heterocycles. The Kier molecular flexibility index (Phi) is 4.09. The van der Waals surface area contributed by atoms with Crippen LogP contribution in [-0.2, 0) is 16.1 Å². The van der Waals surface area contributed by atoms with Crippen LogP contribution in [0.15, 0.2) is 28.7 Å². The largest absolute Gasteiger partial charge is 0.452 e. The van der Waals surface area contributed by atoms with Crippen molar-refractivity contribution in [2.75, 3.05) is 5.32 Å². The van der Waals surface area contributed by atoms with E-state index in [-0.39, 0.29) is 18.4 Å². The number of rotatable bonds is 4. The van der Waals surface area contributed by atoms with E-state index in [0.717, 1.165) is 0 Å². The molecule has 0 atom stereocenters. The molecule has 0 aliphatic carbocycles. The van der Waals surface area contributed by atoms with E-state index in [1.165, 1.54) is 6.92 Å². The van der Waals surface area contributed by atoms with Gasteiger partial charge in [-0.1, -0.05) is 0 Å². The Hall–Kier alpha value is -2.70. The van der Waals surface area contributed by atoms with E-state index in [0.29, 0.717) is 17.1 Å². The van der Waals surface area contributed by atoms with Crippen LogP contribution in [0.1, 0.15) is 29.1 Å². The second kappa shape index (κ2) is 5.96. The lowest BCUT2D eigenvalue weighted by Crippen LogP contribution is -2.08. The summed E-state index contributed by atoms with van der Waals surface area (Å²) >= 11 is 0. The maximum Gasteiger partial charge on any atom is 0.338 e. The number of hydrogen-bond donors (Lipinski definition) is 1. The van der Waals surface area contributed by atoms with Gasteiger partial charge < -0.3 is 14.5 Å². The van der Waals surface area contributed by atoms with Crippen LogP contribution in [0, 0.1) is 6.92 Å². The lowest BCUT2D eigenvalue weighted by atomic mass is 10.2. The van der Waals surface area contributed by atoms with Crippen molar-refractivity contribution in [3.63, 3.8) is 0 Å². The minimum Gasteiger partial charge on any atom is -0.452 e. The molecule has 0 bridgehead atoms. The van der Waals surface area contributed by atoms with Gasteiger partial charge in [0.1, 0.15) is 0 Å². The minimum absolute atomic E-state index is 0.0763. The molecule has 20 heavy (non-hydrogen) atoms. The Bertz CT molecular complexity index is 619. The van der Waals surface area contributed by atoms with E-state index in [1.807, 2.05) is 0 Å². The van der Waals surface area contributed by atoms with Crippen molar-refractivity contribution in [2.24, 2.45) is 0 Å². The number of carbonyl (C=O) groups is 2. The van der Waals surface area contributed by atoms with Gasteiger partial charge >= 0.3 is 5.97 Å². The summed E-state index contributed by atoms with van der Waals surface area (Å²) in [4.78, 5) is 22.6. The van der Waals surface area contributed by atoms with Crippen LogP contribution in [0.25, 0.3) is 0 Å². The van der Waals surface area contributed by atoms with Gasteiger partial charge in [0, 0.05) is 19.5 Å². The number of benzene rings is 1. The van der Waals surface area contributed by atoms with Crippen molar-refractivity contribution in [1.29, 1.82) is 0 Å². The standard InChI is InChI=1S/C13H13N3O4/c1-8(17)14-11-5-3-10(4-6-11)13(18)19-7-12-16-15-9(2)20-12/h3-6H,7H2,1-2H3,(H,14,17). The number of amides is 1. The number of hydrogen-bond acceptors (Lipinski definition) is 6. The third-order valence-electron chi connectivity index (χ3n) is 2.34. The van der Waals surface area contributed by atoms with Crippen LogP contribution in [-0.4, -0.2) is 22.1 Å². The highest BCUT2D eigenvalue weighted by Gasteiger charge is 2.10. The number of nitrogens with zero attached hydrogens (tertiary/aromatic N) is 2. The zero-order chi connectivity index (χ0) is 14.5. The molecule has 1 amide bonds. The van der Waals surface area contributed by atoms with Gasteiger partial charge in [0.25, 0.3) is 5.89 Å². The summed E-state index contributed by atoms with van der Waals surface area (Å²) < 4.78 is 10.1. The molecule has 0 radical (unpaired) electrons. The zero-order valence-electron chi connectivity index (χ0n) is 11.0. The number of carbonyl (C=O) groups excluding carboxylic acids is 2. The Morgan fingerprint density at radius 2 is 1.95 bits per heavy atom. The second-order valence-corrected chi connectivity index (χ2v) is 4.05. The van der Waals surface area contributed by atoms with Gasteiger partial charge in [-0.3, -0.25) is 4.79 Å². The van der Waals surface area contributed by atoms with E-state index in [1.54, 1.807) is 31.2 Å². The molecular weight excluding hydrogens is 262 g/mol. The Balaban J connectivity index is 1.93. The van der Waals surface area contributed by atoms with E-state index >= 15 is 0 Å². The van der Waals surface area contributed by atoms with Gasteiger partial charge in [-0.2, -0.15) is 0 Å². The van der Waals surface area contributed by atoms with Crippen LogP contribution in [0.4, 0.5) is 5.69 Å². The third kappa shape index (κ3) is 3.64. The lowest BCUT2D eigenvalue weighted by Gasteiger charge is -2.04. The van der Waals surface area contributed by atoms with Crippen LogP contribution in [0.5, 0.6) is 0 Å². The molecule has 0 saturated carbocycles. The Morgan fingerprint density at radius 3 is 2.50 bits per heavy atom. The van der Waals surface area contributed by atoms with E-state index in [4.69, 9.17) is 9.15 Å². The van der Waals surface area contributed by atoms with Crippen molar-refractivity contribution in [3.05, 3.63) is 41.6 Å². The molecule has 0 unspecified atom stereocenters. The fraction of sp³-hybridized carbons (Fsp3) is 0.231. The van der Waals surface area contributed by atoms with E-state index < -0.39 is 5.97 Å². The summed E-state index contributed by atoms with van der Waals surface area (Å²) in [6, 6.07) is 6.36. The minimum atomic E-state index is -0.504. The first kappa shape index (κ1) is 13.7. The van der Waals surface area contributed by atoms with Gasteiger partial charge in [0.05, 0.1) is 5.56 Å². The molecule has 0 spiro atoms. The number of esters is 1. The van der Waals surface area contributed by atoms with Crippen LogP contribution >= 0.6 is 0 Å². The van der Waals surface area contributed by atoms with Gasteiger partial charge in [0.15, 0.2) is 6.61 Å². The summed E-state index contributed by atoms with van der Waals surface area (Å²) in [7, 11) is 0. The highest BCUT2D eigenvalue weighted by molar-refractivity contribution is 5.92. The zero-order valence-corrected chi connectivity index (χ0v) is 11.0. The highest BCUT2D eigenvalue weighted by atomic mass is 16.5. The maximum absolute atomic E-state index is 11.8. The van der Waals surface area contributed by atoms with Crippen LogP contribution in [0.3, 0.4) is 0 Å².